The molecule has 0 radical (unpaired) electrons. The molecule has 0 aromatic carbocycles. The van der Waals surface area contributed by atoms with E-state index in [0.29, 0.717) is 5.69 Å². The lowest BCUT2D eigenvalue weighted by atomic mass is 10.2. The summed E-state index contributed by atoms with van der Waals surface area (Å²) in [5.41, 5.74) is 0.461. The zero-order chi connectivity index (χ0) is 13.3. The van der Waals surface area contributed by atoms with Crippen LogP contribution >= 0.6 is 23.2 Å². The zero-order valence-electron chi connectivity index (χ0n) is 9.66. The number of halogens is 2. The van der Waals surface area contributed by atoms with Gasteiger partial charge in [-0.25, -0.2) is 8.42 Å². The van der Waals surface area contributed by atoms with Crippen LogP contribution in [-0.2, 0) is 9.84 Å². The summed E-state index contributed by atoms with van der Waals surface area (Å²) in [6, 6.07) is 1.50. The normalized spacial score (nSPS) is 12.5. The minimum atomic E-state index is -3.17. The van der Waals surface area contributed by atoms with Crippen LogP contribution in [-0.4, -0.2) is 36.2 Å². The van der Waals surface area contributed by atoms with Gasteiger partial charge < -0.3 is 5.32 Å². The average molecular weight is 298 g/mol. The molecule has 0 unspecified atom stereocenters. The van der Waals surface area contributed by atoms with Crippen LogP contribution in [0.4, 0.5) is 5.69 Å². The molecule has 0 aliphatic carbocycles. The minimum absolute atomic E-state index is 0.152. The highest BCUT2D eigenvalue weighted by molar-refractivity contribution is 7.92. The van der Waals surface area contributed by atoms with E-state index in [1.165, 1.54) is 12.3 Å². The van der Waals surface area contributed by atoms with Crippen LogP contribution in [0.25, 0.3) is 0 Å². The largest absolute Gasteiger partial charge is 0.381 e. The molecule has 0 spiro atoms. The Morgan fingerprint density at radius 1 is 1.35 bits per heavy atom. The molecular weight excluding hydrogens is 285 g/mol. The maximum atomic E-state index is 11.5. The van der Waals surface area contributed by atoms with Gasteiger partial charge in [0.15, 0.2) is 20.1 Å². The van der Waals surface area contributed by atoms with Crippen molar-refractivity contribution in [3.8, 4) is 0 Å². The van der Waals surface area contributed by atoms with Gasteiger partial charge in [-0.15, -0.1) is 10.2 Å². The van der Waals surface area contributed by atoms with Gasteiger partial charge in [0.2, 0.25) is 0 Å². The lowest BCUT2D eigenvalue weighted by Crippen LogP contribution is -2.38. The lowest BCUT2D eigenvalue weighted by Gasteiger charge is -2.23. The van der Waals surface area contributed by atoms with Crippen molar-refractivity contribution >= 4 is 38.7 Å². The predicted molar refractivity (Wildman–Crippen MR) is 69.5 cm³/mol. The Kier molecular flexibility index (Phi) is 4.22. The summed E-state index contributed by atoms with van der Waals surface area (Å²) in [6.07, 6.45) is 1.19. The highest BCUT2D eigenvalue weighted by Gasteiger charge is 2.30. The van der Waals surface area contributed by atoms with Crippen LogP contribution in [0.1, 0.15) is 13.8 Å². The van der Waals surface area contributed by atoms with Gasteiger partial charge in [-0.05, 0) is 13.8 Å². The molecule has 1 rings (SSSR count). The van der Waals surface area contributed by atoms with Crippen molar-refractivity contribution in [2.75, 3.05) is 18.1 Å². The smallest absolute Gasteiger partial charge is 0.174 e. The first kappa shape index (κ1) is 14.5. The first-order valence-electron chi connectivity index (χ1n) is 4.76. The third-order valence-corrected chi connectivity index (χ3v) is 5.04. The number of nitrogens with one attached hydrogen (secondary N) is 1. The molecule has 0 fully saturated rings. The Morgan fingerprint density at radius 3 is 2.47 bits per heavy atom. The summed E-state index contributed by atoms with van der Waals surface area (Å²) in [7, 11) is -3.17. The minimum Gasteiger partial charge on any atom is -0.381 e. The third-order valence-electron chi connectivity index (χ3n) is 2.43. The summed E-state index contributed by atoms with van der Waals surface area (Å²) in [5, 5.41) is 10.4. The summed E-state index contributed by atoms with van der Waals surface area (Å²) < 4.78 is 22.1. The first-order valence-corrected chi connectivity index (χ1v) is 7.40. The van der Waals surface area contributed by atoms with Gasteiger partial charge in [0, 0.05) is 18.9 Å². The van der Waals surface area contributed by atoms with E-state index in [1.807, 2.05) is 0 Å². The molecule has 96 valence electrons. The summed E-state index contributed by atoms with van der Waals surface area (Å²) in [6.45, 7) is 3.45. The molecule has 1 heterocycles. The third kappa shape index (κ3) is 3.69. The van der Waals surface area contributed by atoms with E-state index in [4.69, 9.17) is 23.2 Å². The molecule has 0 aliphatic heterocycles. The Balaban J connectivity index is 2.84. The Bertz CT molecular complexity index is 517. The monoisotopic (exact) mass is 297 g/mol. The molecule has 0 atom stereocenters. The first-order chi connectivity index (χ1) is 7.63. The van der Waals surface area contributed by atoms with Crippen molar-refractivity contribution in [1.29, 1.82) is 0 Å². The number of anilines is 1. The second-order valence-electron chi connectivity index (χ2n) is 4.26. The van der Waals surface area contributed by atoms with Gasteiger partial charge in [0.05, 0.1) is 10.4 Å². The SMILES string of the molecule is CC(C)(CNc1cc(Cl)nnc1Cl)S(C)(=O)=O. The highest BCUT2D eigenvalue weighted by atomic mass is 35.5. The molecular formula is C9H13Cl2N3O2S. The lowest BCUT2D eigenvalue weighted by molar-refractivity contribution is 0.560. The standard InChI is InChI=1S/C9H13Cl2N3O2S/c1-9(2,17(3,15)16)5-12-6-4-7(10)13-14-8(6)11/h4H,5H2,1-3H3,(H,12,13). The van der Waals surface area contributed by atoms with E-state index >= 15 is 0 Å². The number of hydrogen-bond donors (Lipinski definition) is 1. The molecule has 0 saturated carbocycles. The second kappa shape index (κ2) is 4.96. The van der Waals surface area contributed by atoms with Crippen molar-refractivity contribution in [1.82, 2.24) is 10.2 Å². The molecule has 5 nitrogen and oxygen atoms in total. The fourth-order valence-corrected chi connectivity index (χ4v) is 1.56. The fourth-order valence-electron chi connectivity index (χ4n) is 0.916. The Hall–Kier alpha value is -0.590. The Labute approximate surface area is 110 Å². The van der Waals surface area contributed by atoms with Crippen molar-refractivity contribution in [3.05, 3.63) is 16.4 Å². The number of aromatic nitrogens is 2. The Morgan fingerprint density at radius 2 is 1.94 bits per heavy atom. The molecule has 0 saturated heterocycles. The van der Waals surface area contributed by atoms with E-state index < -0.39 is 14.6 Å². The maximum Gasteiger partial charge on any atom is 0.174 e. The van der Waals surface area contributed by atoms with Crippen molar-refractivity contribution in [2.24, 2.45) is 0 Å². The highest BCUT2D eigenvalue weighted by Crippen LogP contribution is 2.23. The predicted octanol–water partition coefficient (Wildman–Crippen LogP) is 2.02. The van der Waals surface area contributed by atoms with E-state index in [1.54, 1.807) is 13.8 Å². The molecule has 1 N–H and O–H groups in total. The maximum absolute atomic E-state index is 11.5. The number of nitrogens with zero attached hydrogens (tertiary/aromatic N) is 2. The molecule has 17 heavy (non-hydrogen) atoms. The molecule has 8 heteroatoms. The quantitative estimate of drug-likeness (QED) is 0.920. The van der Waals surface area contributed by atoms with Gasteiger partial charge in [0.25, 0.3) is 0 Å². The van der Waals surface area contributed by atoms with Crippen LogP contribution < -0.4 is 5.32 Å². The number of sulfone groups is 1. The van der Waals surface area contributed by atoms with Gasteiger partial charge in [-0.2, -0.15) is 0 Å². The summed E-state index contributed by atoms with van der Waals surface area (Å²) in [4.78, 5) is 0. The van der Waals surface area contributed by atoms with E-state index in [2.05, 4.69) is 15.5 Å². The molecule has 0 aliphatic rings. The average Bonchev–Trinajstić information content (AvgIpc) is 2.18. The van der Waals surface area contributed by atoms with Crippen LogP contribution in [0, 0.1) is 0 Å². The second-order valence-corrected chi connectivity index (χ2v) is 7.65. The van der Waals surface area contributed by atoms with Crippen LogP contribution in [0.5, 0.6) is 0 Å². The number of hydrogen-bond acceptors (Lipinski definition) is 5. The summed E-state index contributed by atoms with van der Waals surface area (Å²) >= 11 is 11.5. The molecule has 1 aromatic heterocycles. The molecule has 0 amide bonds. The van der Waals surface area contributed by atoms with Gasteiger partial charge in [-0.3, -0.25) is 0 Å². The van der Waals surface area contributed by atoms with Crippen molar-refractivity contribution < 1.29 is 8.42 Å². The number of rotatable bonds is 4. The fraction of sp³-hybridized carbons (Fsp3) is 0.556. The van der Waals surface area contributed by atoms with E-state index in [0.717, 1.165) is 0 Å². The summed E-state index contributed by atoms with van der Waals surface area (Å²) in [5.74, 6) is 0. The van der Waals surface area contributed by atoms with Crippen LogP contribution in [0.3, 0.4) is 0 Å². The zero-order valence-corrected chi connectivity index (χ0v) is 12.0. The van der Waals surface area contributed by atoms with Gasteiger partial charge >= 0.3 is 0 Å². The van der Waals surface area contributed by atoms with Crippen LogP contribution in [0.2, 0.25) is 10.3 Å². The topological polar surface area (TPSA) is 72.0 Å². The van der Waals surface area contributed by atoms with Gasteiger partial charge in [0.1, 0.15) is 0 Å². The van der Waals surface area contributed by atoms with Crippen molar-refractivity contribution in [2.45, 2.75) is 18.6 Å². The van der Waals surface area contributed by atoms with Crippen molar-refractivity contribution in [3.63, 3.8) is 0 Å². The molecule has 0 bridgehead atoms. The molecule has 1 aromatic rings. The van der Waals surface area contributed by atoms with E-state index in [-0.39, 0.29) is 16.9 Å². The van der Waals surface area contributed by atoms with Gasteiger partial charge in [-0.1, -0.05) is 23.2 Å². The van der Waals surface area contributed by atoms with E-state index in [9.17, 15) is 8.42 Å². The van der Waals surface area contributed by atoms with Crippen LogP contribution in [0.15, 0.2) is 6.07 Å².